The van der Waals surface area contributed by atoms with Crippen molar-refractivity contribution in [3.8, 4) is 0 Å². The predicted molar refractivity (Wildman–Crippen MR) is 104 cm³/mol. The molecule has 0 saturated heterocycles. The Kier molecular flexibility index (Phi) is 6.11. The van der Waals surface area contributed by atoms with Gasteiger partial charge in [-0.3, -0.25) is 4.79 Å². The van der Waals surface area contributed by atoms with Gasteiger partial charge >= 0.3 is 0 Å². The number of sulfonamides is 1. The van der Waals surface area contributed by atoms with Gasteiger partial charge in [0.2, 0.25) is 10.0 Å². The maximum absolute atomic E-state index is 12.7. The number of nitrogens with zero attached hydrogens (tertiary/aromatic N) is 1. The Morgan fingerprint density at radius 2 is 1.77 bits per heavy atom. The van der Waals surface area contributed by atoms with Crippen molar-refractivity contribution in [1.29, 1.82) is 0 Å². The summed E-state index contributed by atoms with van der Waals surface area (Å²) in [4.78, 5) is 12.7. The van der Waals surface area contributed by atoms with Crippen molar-refractivity contribution in [1.82, 2.24) is 9.62 Å². The van der Waals surface area contributed by atoms with Crippen molar-refractivity contribution >= 4 is 27.5 Å². The van der Waals surface area contributed by atoms with Crippen LogP contribution in [0.25, 0.3) is 0 Å². The zero-order valence-corrected chi connectivity index (χ0v) is 17.1. The lowest BCUT2D eigenvalue weighted by Gasteiger charge is -2.18. The number of hydrogen-bond donors (Lipinski definition) is 1. The number of carbonyl (C=O) groups excluding carboxylic acids is 1. The quantitative estimate of drug-likeness (QED) is 0.840. The van der Waals surface area contributed by atoms with Crippen molar-refractivity contribution < 1.29 is 13.2 Å². The second kappa shape index (κ2) is 7.78. The Morgan fingerprint density at radius 1 is 1.12 bits per heavy atom. The minimum Gasteiger partial charge on any atom is -0.345 e. The van der Waals surface area contributed by atoms with Crippen LogP contribution in [0.1, 0.15) is 40.0 Å². The van der Waals surface area contributed by atoms with E-state index in [1.54, 1.807) is 0 Å². The van der Waals surface area contributed by atoms with Crippen LogP contribution in [0.4, 0.5) is 0 Å². The molecule has 0 aliphatic rings. The summed E-state index contributed by atoms with van der Waals surface area (Å²) < 4.78 is 25.7. The third-order valence-electron chi connectivity index (χ3n) is 4.21. The molecule has 0 spiro atoms. The Balaban J connectivity index is 2.34. The highest BCUT2D eigenvalue weighted by Gasteiger charge is 2.22. The molecule has 2 rings (SSSR count). The molecule has 0 bridgehead atoms. The summed E-state index contributed by atoms with van der Waals surface area (Å²) in [5.74, 6) is -0.417. The predicted octanol–water partition coefficient (Wildman–Crippen LogP) is 3.70. The van der Waals surface area contributed by atoms with Crippen LogP contribution in [0.5, 0.6) is 0 Å². The lowest BCUT2D eigenvalue weighted by molar-refractivity contribution is 0.0939. The first-order chi connectivity index (χ1) is 12.0. The van der Waals surface area contributed by atoms with Gasteiger partial charge in [0.05, 0.1) is 21.5 Å². The largest absolute Gasteiger partial charge is 0.345 e. The lowest BCUT2D eigenvalue weighted by atomic mass is 10.00. The van der Waals surface area contributed by atoms with Gasteiger partial charge in [0.1, 0.15) is 0 Å². The van der Waals surface area contributed by atoms with Crippen LogP contribution < -0.4 is 5.32 Å². The third kappa shape index (κ3) is 4.26. The molecule has 0 radical (unpaired) electrons. The fourth-order valence-corrected chi connectivity index (χ4v) is 3.76. The van der Waals surface area contributed by atoms with Crippen LogP contribution >= 0.6 is 11.6 Å². The zero-order chi connectivity index (χ0) is 19.6. The summed E-state index contributed by atoms with van der Waals surface area (Å²) in [6, 6.07) is 9.92. The Labute approximate surface area is 160 Å². The van der Waals surface area contributed by atoms with Gasteiger partial charge in [-0.2, -0.15) is 0 Å². The van der Waals surface area contributed by atoms with Crippen molar-refractivity contribution in [2.75, 3.05) is 14.1 Å². The molecule has 1 amide bonds. The molecule has 0 fully saturated rings. The molecule has 2 aromatic carbocycles. The van der Waals surface area contributed by atoms with E-state index in [1.807, 2.05) is 39.0 Å². The minimum absolute atomic E-state index is 0.0245. The molecule has 140 valence electrons. The number of amides is 1. The zero-order valence-electron chi connectivity index (χ0n) is 15.5. The number of aryl methyl sites for hydroxylation is 2. The highest BCUT2D eigenvalue weighted by molar-refractivity contribution is 7.89. The van der Waals surface area contributed by atoms with Crippen LogP contribution in [0.15, 0.2) is 41.3 Å². The van der Waals surface area contributed by atoms with Crippen molar-refractivity contribution in [3.05, 3.63) is 63.7 Å². The standard InChI is InChI=1S/C19H23ClN2O3S/c1-12-6-7-13(2)16(10-12)14(3)21-19(23)17-11-15(8-9-18(17)20)26(24,25)22(4)5/h6-11,14H,1-5H3,(H,21,23). The number of halogens is 1. The highest BCUT2D eigenvalue weighted by Crippen LogP contribution is 2.24. The lowest BCUT2D eigenvalue weighted by Crippen LogP contribution is -2.28. The van der Waals surface area contributed by atoms with Crippen molar-refractivity contribution in [3.63, 3.8) is 0 Å². The number of carbonyl (C=O) groups is 1. The Bertz CT molecular complexity index is 940. The molecule has 1 unspecified atom stereocenters. The van der Waals surface area contributed by atoms with E-state index >= 15 is 0 Å². The van der Waals surface area contributed by atoms with E-state index in [9.17, 15) is 13.2 Å². The molecule has 0 aromatic heterocycles. The van der Waals surface area contributed by atoms with Crippen LogP contribution in [-0.2, 0) is 10.0 Å². The monoisotopic (exact) mass is 394 g/mol. The van der Waals surface area contributed by atoms with E-state index in [-0.39, 0.29) is 21.5 Å². The molecule has 26 heavy (non-hydrogen) atoms. The van der Waals surface area contributed by atoms with E-state index in [0.29, 0.717) is 0 Å². The van der Waals surface area contributed by atoms with Gasteiger partial charge in [-0.25, -0.2) is 12.7 Å². The number of nitrogens with one attached hydrogen (secondary N) is 1. The van der Waals surface area contributed by atoms with Gasteiger partial charge in [-0.1, -0.05) is 35.4 Å². The van der Waals surface area contributed by atoms with Crippen LogP contribution in [0.3, 0.4) is 0 Å². The fraction of sp³-hybridized carbons (Fsp3) is 0.316. The molecule has 0 saturated carbocycles. The van der Waals surface area contributed by atoms with E-state index in [2.05, 4.69) is 5.32 Å². The molecule has 1 N–H and O–H groups in total. The molecule has 0 heterocycles. The average Bonchev–Trinajstić information content (AvgIpc) is 2.56. The smallest absolute Gasteiger partial charge is 0.253 e. The molecule has 0 aliphatic carbocycles. The fourth-order valence-electron chi connectivity index (χ4n) is 2.63. The van der Waals surface area contributed by atoms with Crippen LogP contribution in [-0.4, -0.2) is 32.7 Å². The summed E-state index contributed by atoms with van der Waals surface area (Å²) in [6.45, 7) is 5.85. The molecule has 5 nitrogen and oxygen atoms in total. The van der Waals surface area contributed by atoms with E-state index in [1.165, 1.54) is 32.3 Å². The molecule has 1 atom stereocenters. The summed E-state index contributed by atoms with van der Waals surface area (Å²) in [7, 11) is -0.774. The average molecular weight is 395 g/mol. The number of rotatable bonds is 5. The first-order valence-corrected chi connectivity index (χ1v) is 9.96. The van der Waals surface area contributed by atoms with Gasteiger partial charge < -0.3 is 5.32 Å². The summed E-state index contributed by atoms with van der Waals surface area (Å²) in [5.41, 5.74) is 3.31. The first kappa shape index (κ1) is 20.4. The number of benzene rings is 2. The summed E-state index contributed by atoms with van der Waals surface area (Å²) in [6.07, 6.45) is 0. The van der Waals surface area contributed by atoms with Gasteiger partial charge in [0.25, 0.3) is 5.91 Å². The van der Waals surface area contributed by atoms with Crippen molar-refractivity contribution in [2.24, 2.45) is 0 Å². The Morgan fingerprint density at radius 3 is 2.38 bits per heavy atom. The van der Waals surface area contributed by atoms with E-state index in [0.717, 1.165) is 21.0 Å². The van der Waals surface area contributed by atoms with Crippen molar-refractivity contribution in [2.45, 2.75) is 31.7 Å². The van der Waals surface area contributed by atoms with Crippen LogP contribution in [0.2, 0.25) is 5.02 Å². The molecule has 2 aromatic rings. The summed E-state index contributed by atoms with van der Waals surface area (Å²) >= 11 is 6.14. The third-order valence-corrected chi connectivity index (χ3v) is 6.35. The van der Waals surface area contributed by atoms with Gasteiger partial charge in [0.15, 0.2) is 0 Å². The maximum Gasteiger partial charge on any atom is 0.253 e. The molecular formula is C19H23ClN2O3S. The van der Waals surface area contributed by atoms with Crippen LogP contribution in [0, 0.1) is 13.8 Å². The molecular weight excluding hydrogens is 372 g/mol. The normalized spacial score (nSPS) is 12.9. The molecule has 7 heteroatoms. The minimum atomic E-state index is -3.65. The topological polar surface area (TPSA) is 66.5 Å². The summed E-state index contributed by atoms with van der Waals surface area (Å²) in [5, 5.41) is 3.10. The highest BCUT2D eigenvalue weighted by atomic mass is 35.5. The van der Waals surface area contributed by atoms with Gasteiger partial charge in [0, 0.05) is 14.1 Å². The second-order valence-electron chi connectivity index (χ2n) is 6.48. The van der Waals surface area contributed by atoms with Gasteiger partial charge in [-0.15, -0.1) is 0 Å². The second-order valence-corrected chi connectivity index (χ2v) is 9.04. The van der Waals surface area contributed by atoms with E-state index < -0.39 is 15.9 Å². The SMILES string of the molecule is Cc1ccc(C)c(C(C)NC(=O)c2cc(S(=O)(=O)N(C)C)ccc2Cl)c1. The van der Waals surface area contributed by atoms with Gasteiger partial charge in [-0.05, 0) is 50.1 Å². The molecule has 0 aliphatic heterocycles. The van der Waals surface area contributed by atoms with E-state index in [4.69, 9.17) is 11.6 Å². The maximum atomic E-state index is 12.7. The first-order valence-electron chi connectivity index (χ1n) is 8.14. The Hall–Kier alpha value is -1.89. The number of hydrogen-bond acceptors (Lipinski definition) is 3.